The first-order chi connectivity index (χ1) is 5.66. The molecule has 1 radical (unpaired) electrons. The van der Waals surface area contributed by atoms with Crippen LogP contribution in [0.1, 0.15) is 5.56 Å². The molecule has 1 rings (SSSR count). The smallest absolute Gasteiger partial charge is 0.0990 e. The minimum Gasteiger partial charge on any atom is -0.192 e. The molecule has 12 heavy (non-hydrogen) atoms. The van der Waals surface area contributed by atoms with Gasteiger partial charge in [0.1, 0.15) is 0 Å². The molecule has 1 aromatic rings. The Kier molecular flexibility index (Phi) is 2.91. The number of hydrogen-bond acceptors (Lipinski definition) is 1. The van der Waals surface area contributed by atoms with Crippen molar-refractivity contribution in [2.24, 2.45) is 0 Å². The van der Waals surface area contributed by atoms with Gasteiger partial charge in [-0.05, 0) is 17.3 Å². The Balaban J connectivity index is 3.32. The predicted octanol–water partition coefficient (Wildman–Crippen LogP) is 2.17. The molecule has 0 atom stereocenters. The SMILES string of the molecule is C[Si](C)c1c(Cl)cccc1C#N. The third kappa shape index (κ3) is 1.69. The number of rotatable bonds is 1. The highest BCUT2D eigenvalue weighted by molar-refractivity contribution is 6.73. The van der Waals surface area contributed by atoms with Crippen LogP contribution in [0.5, 0.6) is 0 Å². The van der Waals surface area contributed by atoms with E-state index in [-0.39, 0.29) is 0 Å². The zero-order chi connectivity index (χ0) is 9.14. The summed E-state index contributed by atoms with van der Waals surface area (Å²) >= 11 is 5.98. The second kappa shape index (κ2) is 3.75. The van der Waals surface area contributed by atoms with Gasteiger partial charge >= 0.3 is 0 Å². The van der Waals surface area contributed by atoms with E-state index in [4.69, 9.17) is 16.9 Å². The number of halogens is 1. The Hall–Kier alpha value is -0.783. The topological polar surface area (TPSA) is 23.8 Å². The number of hydrogen-bond donors (Lipinski definition) is 0. The maximum absolute atomic E-state index is 8.80. The summed E-state index contributed by atoms with van der Waals surface area (Å²) in [5, 5.41) is 10.6. The fourth-order valence-corrected chi connectivity index (χ4v) is 3.11. The fourth-order valence-electron chi connectivity index (χ4n) is 1.13. The molecule has 0 N–H and O–H groups in total. The maximum Gasteiger partial charge on any atom is 0.0990 e. The van der Waals surface area contributed by atoms with E-state index in [1.54, 1.807) is 0 Å². The maximum atomic E-state index is 8.80. The Morgan fingerprint density at radius 3 is 2.50 bits per heavy atom. The van der Waals surface area contributed by atoms with Gasteiger partial charge in [0.15, 0.2) is 0 Å². The van der Waals surface area contributed by atoms with Crippen LogP contribution in [-0.4, -0.2) is 8.80 Å². The molecule has 0 amide bonds. The molecule has 0 fully saturated rings. The van der Waals surface area contributed by atoms with Crippen molar-refractivity contribution in [3.8, 4) is 6.07 Å². The summed E-state index contributed by atoms with van der Waals surface area (Å²) in [4.78, 5) is 0. The van der Waals surface area contributed by atoms with Crippen molar-refractivity contribution < 1.29 is 0 Å². The van der Waals surface area contributed by atoms with E-state index in [1.807, 2.05) is 18.2 Å². The van der Waals surface area contributed by atoms with Crippen molar-refractivity contribution in [1.29, 1.82) is 5.26 Å². The van der Waals surface area contributed by atoms with E-state index in [0.717, 1.165) is 15.8 Å². The van der Waals surface area contributed by atoms with Crippen LogP contribution in [0.15, 0.2) is 18.2 Å². The minimum absolute atomic E-state index is 0.639. The van der Waals surface area contributed by atoms with Crippen LogP contribution in [0.25, 0.3) is 0 Å². The van der Waals surface area contributed by atoms with E-state index < -0.39 is 8.80 Å². The molecular weight excluding hydrogens is 186 g/mol. The van der Waals surface area contributed by atoms with Crippen LogP contribution in [0.3, 0.4) is 0 Å². The molecule has 0 saturated carbocycles. The lowest BCUT2D eigenvalue weighted by Crippen LogP contribution is -2.26. The summed E-state index contributed by atoms with van der Waals surface area (Å²) in [6, 6.07) is 7.63. The van der Waals surface area contributed by atoms with Crippen LogP contribution >= 0.6 is 11.6 Å². The second-order valence-corrected chi connectivity index (χ2v) is 5.68. The summed E-state index contributed by atoms with van der Waals surface area (Å²) in [5.41, 5.74) is 0.724. The predicted molar refractivity (Wildman–Crippen MR) is 53.3 cm³/mol. The van der Waals surface area contributed by atoms with Crippen molar-refractivity contribution in [3.05, 3.63) is 28.8 Å². The van der Waals surface area contributed by atoms with Crippen molar-refractivity contribution in [2.75, 3.05) is 0 Å². The highest BCUT2D eigenvalue weighted by atomic mass is 35.5. The minimum atomic E-state index is -0.639. The lowest BCUT2D eigenvalue weighted by Gasteiger charge is -2.07. The van der Waals surface area contributed by atoms with Gasteiger partial charge in [0.05, 0.1) is 20.4 Å². The first-order valence-corrected chi connectivity index (χ1v) is 6.53. The van der Waals surface area contributed by atoms with Crippen molar-refractivity contribution in [3.63, 3.8) is 0 Å². The van der Waals surface area contributed by atoms with Crippen LogP contribution in [0, 0.1) is 11.3 Å². The van der Waals surface area contributed by atoms with Crippen LogP contribution < -0.4 is 5.19 Å². The molecule has 0 heterocycles. The van der Waals surface area contributed by atoms with Gasteiger partial charge < -0.3 is 0 Å². The Labute approximate surface area is 79.2 Å². The van der Waals surface area contributed by atoms with Gasteiger partial charge in [-0.25, -0.2) is 0 Å². The molecule has 0 unspecified atom stereocenters. The molecule has 61 valence electrons. The third-order valence-corrected chi connectivity index (χ3v) is 3.65. The van der Waals surface area contributed by atoms with Crippen molar-refractivity contribution >= 4 is 25.6 Å². The summed E-state index contributed by atoms with van der Waals surface area (Å²) in [6.07, 6.45) is 0. The van der Waals surface area contributed by atoms with Gasteiger partial charge in [0.25, 0.3) is 0 Å². The first kappa shape index (κ1) is 9.31. The zero-order valence-corrected chi connectivity index (χ0v) is 8.81. The van der Waals surface area contributed by atoms with Gasteiger partial charge in [-0.1, -0.05) is 30.8 Å². The largest absolute Gasteiger partial charge is 0.192 e. The molecule has 0 aliphatic rings. The molecule has 1 nitrogen and oxygen atoms in total. The fraction of sp³-hybridized carbons (Fsp3) is 0.222. The van der Waals surface area contributed by atoms with Crippen molar-refractivity contribution in [2.45, 2.75) is 13.1 Å². The zero-order valence-electron chi connectivity index (χ0n) is 7.06. The molecule has 1 aromatic carbocycles. The van der Waals surface area contributed by atoms with Gasteiger partial charge in [-0.15, -0.1) is 0 Å². The van der Waals surface area contributed by atoms with Crippen LogP contribution in [0.4, 0.5) is 0 Å². The van der Waals surface area contributed by atoms with E-state index in [2.05, 4.69) is 19.2 Å². The van der Waals surface area contributed by atoms with Gasteiger partial charge in [0, 0.05) is 5.02 Å². The van der Waals surface area contributed by atoms with E-state index in [0.29, 0.717) is 0 Å². The summed E-state index contributed by atoms with van der Waals surface area (Å²) in [7, 11) is -0.639. The standard InChI is InChI=1S/C9H9ClNSi/c1-12(2)9-7(6-11)4-3-5-8(9)10/h3-5H,1-2H3. The van der Waals surface area contributed by atoms with E-state index in [1.165, 1.54) is 0 Å². The Morgan fingerprint density at radius 1 is 1.42 bits per heavy atom. The monoisotopic (exact) mass is 194 g/mol. The molecule has 3 heteroatoms. The average Bonchev–Trinajstić information content (AvgIpc) is 2.03. The van der Waals surface area contributed by atoms with E-state index in [9.17, 15) is 0 Å². The number of nitriles is 1. The lowest BCUT2D eigenvalue weighted by molar-refractivity contribution is 1.50. The van der Waals surface area contributed by atoms with E-state index >= 15 is 0 Å². The Morgan fingerprint density at radius 2 is 2.08 bits per heavy atom. The highest BCUT2D eigenvalue weighted by Crippen LogP contribution is 2.09. The molecule has 0 aromatic heterocycles. The van der Waals surface area contributed by atoms with Gasteiger partial charge in [-0.3, -0.25) is 0 Å². The number of nitrogens with zero attached hydrogens (tertiary/aromatic N) is 1. The van der Waals surface area contributed by atoms with Gasteiger partial charge in [0.2, 0.25) is 0 Å². The summed E-state index contributed by atoms with van der Waals surface area (Å²) in [6.45, 7) is 4.26. The molecule has 0 bridgehead atoms. The Bertz CT molecular complexity index is 328. The third-order valence-electron chi connectivity index (χ3n) is 1.63. The molecular formula is C9H9ClNSi. The highest BCUT2D eigenvalue weighted by Gasteiger charge is 2.10. The van der Waals surface area contributed by atoms with Gasteiger partial charge in [-0.2, -0.15) is 5.26 Å². The van der Waals surface area contributed by atoms with Crippen molar-refractivity contribution in [1.82, 2.24) is 0 Å². The van der Waals surface area contributed by atoms with Crippen LogP contribution in [0.2, 0.25) is 18.1 Å². The normalized spacial score (nSPS) is 9.92. The van der Waals surface area contributed by atoms with Crippen LogP contribution in [-0.2, 0) is 0 Å². The second-order valence-electron chi connectivity index (χ2n) is 2.77. The lowest BCUT2D eigenvalue weighted by atomic mass is 10.2. The first-order valence-electron chi connectivity index (χ1n) is 3.66. The summed E-state index contributed by atoms with van der Waals surface area (Å²) < 4.78 is 0. The number of benzene rings is 1. The molecule has 0 spiro atoms. The molecule has 0 aliphatic carbocycles. The average molecular weight is 195 g/mol. The quantitative estimate of drug-likeness (QED) is 0.629. The summed E-state index contributed by atoms with van der Waals surface area (Å²) in [5.74, 6) is 0. The molecule has 0 aliphatic heterocycles. The molecule has 0 saturated heterocycles.